The van der Waals surface area contributed by atoms with Crippen LogP contribution in [0.15, 0.2) is 97.1 Å². The van der Waals surface area contributed by atoms with Crippen LogP contribution in [0.3, 0.4) is 0 Å². The van der Waals surface area contributed by atoms with E-state index >= 15 is 0 Å². The van der Waals surface area contributed by atoms with Crippen molar-refractivity contribution in [3.05, 3.63) is 108 Å². The van der Waals surface area contributed by atoms with E-state index in [0.717, 1.165) is 58.4 Å². The number of fused-ring (bicyclic) bond motifs is 2. The van der Waals surface area contributed by atoms with E-state index in [4.69, 9.17) is 9.47 Å². The van der Waals surface area contributed by atoms with E-state index in [9.17, 15) is 9.59 Å². The zero-order valence-corrected chi connectivity index (χ0v) is 20.3. The van der Waals surface area contributed by atoms with Gasteiger partial charge in [0, 0.05) is 12.2 Å². The first-order chi connectivity index (χ1) is 17.7. The van der Waals surface area contributed by atoms with Crippen molar-refractivity contribution in [1.82, 2.24) is 0 Å². The van der Waals surface area contributed by atoms with Crippen LogP contribution < -0.4 is 0 Å². The second kappa shape index (κ2) is 13.1. The van der Waals surface area contributed by atoms with E-state index in [0.29, 0.717) is 13.2 Å². The van der Waals surface area contributed by atoms with Gasteiger partial charge in [-0.1, -0.05) is 84.9 Å². The molecule has 0 aliphatic carbocycles. The fourth-order valence-electron chi connectivity index (χ4n) is 4.11. The minimum absolute atomic E-state index is 0.338. The number of hydrogen-bond donors (Lipinski definition) is 0. The Hall–Kier alpha value is -4.18. The van der Waals surface area contributed by atoms with Gasteiger partial charge in [0.1, 0.15) is 0 Å². The van der Waals surface area contributed by atoms with Crippen molar-refractivity contribution >= 4 is 45.6 Å². The molecule has 4 aromatic rings. The molecule has 0 amide bonds. The molecule has 36 heavy (non-hydrogen) atoms. The fourth-order valence-corrected chi connectivity index (χ4v) is 4.11. The summed E-state index contributed by atoms with van der Waals surface area (Å²) < 4.78 is 10.6. The van der Waals surface area contributed by atoms with Gasteiger partial charge in [-0.3, -0.25) is 0 Å². The lowest BCUT2D eigenvalue weighted by Gasteiger charge is -2.04. The quantitative estimate of drug-likeness (QED) is 0.128. The molecule has 0 spiro atoms. The van der Waals surface area contributed by atoms with Crippen LogP contribution >= 0.6 is 0 Å². The highest BCUT2D eigenvalue weighted by atomic mass is 16.5. The van der Waals surface area contributed by atoms with E-state index in [1.807, 2.05) is 60.7 Å². The van der Waals surface area contributed by atoms with Crippen molar-refractivity contribution in [2.75, 3.05) is 13.2 Å². The predicted molar refractivity (Wildman–Crippen MR) is 146 cm³/mol. The molecule has 182 valence electrons. The third kappa shape index (κ3) is 7.16. The topological polar surface area (TPSA) is 52.6 Å². The first-order valence-corrected chi connectivity index (χ1v) is 12.4. The lowest BCUT2D eigenvalue weighted by Crippen LogP contribution is -2.04. The van der Waals surface area contributed by atoms with Crippen LogP contribution in [-0.2, 0) is 19.1 Å². The van der Waals surface area contributed by atoms with Crippen molar-refractivity contribution < 1.29 is 19.1 Å². The van der Waals surface area contributed by atoms with Crippen LogP contribution in [0.2, 0.25) is 0 Å². The molecule has 4 aromatic carbocycles. The van der Waals surface area contributed by atoms with Gasteiger partial charge in [-0.05, 0) is 70.5 Å². The van der Waals surface area contributed by atoms with Crippen LogP contribution in [0.1, 0.15) is 36.8 Å². The average molecular weight is 479 g/mol. The van der Waals surface area contributed by atoms with Gasteiger partial charge in [-0.2, -0.15) is 0 Å². The first kappa shape index (κ1) is 24.9. The number of hydrogen-bond acceptors (Lipinski definition) is 4. The highest BCUT2D eigenvalue weighted by Gasteiger charge is 2.02. The molecule has 0 aliphatic rings. The van der Waals surface area contributed by atoms with Crippen molar-refractivity contribution in [2.45, 2.75) is 25.7 Å². The maximum absolute atomic E-state index is 12.0. The number of carbonyl (C=O) groups excluding carboxylic acids is 2. The Kier molecular flexibility index (Phi) is 9.04. The molecule has 0 saturated heterocycles. The lowest BCUT2D eigenvalue weighted by molar-refractivity contribution is -0.139. The molecular weight excluding hydrogens is 448 g/mol. The highest BCUT2D eigenvalue weighted by Crippen LogP contribution is 2.20. The minimum atomic E-state index is -0.338. The first-order valence-electron chi connectivity index (χ1n) is 12.4. The molecule has 4 rings (SSSR count). The van der Waals surface area contributed by atoms with Crippen LogP contribution in [-0.4, -0.2) is 25.2 Å². The summed E-state index contributed by atoms with van der Waals surface area (Å²) in [6.45, 7) is 0.762. The summed E-state index contributed by atoms with van der Waals surface area (Å²) in [5.74, 6) is -0.676. The molecule has 0 fully saturated rings. The zero-order valence-electron chi connectivity index (χ0n) is 20.3. The van der Waals surface area contributed by atoms with E-state index in [-0.39, 0.29) is 11.9 Å². The van der Waals surface area contributed by atoms with Crippen LogP contribution in [0.5, 0.6) is 0 Å². The summed E-state index contributed by atoms with van der Waals surface area (Å²) in [5.41, 5.74) is 1.98. The summed E-state index contributed by atoms with van der Waals surface area (Å²) in [7, 11) is 0. The standard InChI is InChI=1S/C32H30O4/c33-31(21-19-27-15-9-13-25-11-3-5-17-29(25)27)35-23-7-1-2-8-24-36-32(34)22-20-28-16-10-14-26-12-4-6-18-30(26)28/h3-6,9-22H,1-2,7-8,23-24H2/b21-19+,22-20+. The van der Waals surface area contributed by atoms with Crippen LogP contribution in [0, 0.1) is 0 Å². The maximum Gasteiger partial charge on any atom is 0.330 e. The van der Waals surface area contributed by atoms with E-state index < -0.39 is 0 Å². The molecule has 0 aliphatic heterocycles. The monoisotopic (exact) mass is 478 g/mol. The summed E-state index contributed by atoms with van der Waals surface area (Å²) in [6.07, 6.45) is 9.93. The molecule has 0 bridgehead atoms. The summed E-state index contributed by atoms with van der Waals surface area (Å²) in [4.78, 5) is 24.1. The number of ether oxygens (including phenoxy) is 2. The molecule has 4 nitrogen and oxygen atoms in total. The minimum Gasteiger partial charge on any atom is -0.463 e. The Bertz CT molecular complexity index is 1270. The molecule has 0 atom stereocenters. The Balaban J connectivity index is 1.09. The van der Waals surface area contributed by atoms with Crippen molar-refractivity contribution in [1.29, 1.82) is 0 Å². The van der Waals surface area contributed by atoms with Gasteiger partial charge in [0.2, 0.25) is 0 Å². The largest absolute Gasteiger partial charge is 0.463 e. The number of benzene rings is 4. The molecule has 0 aromatic heterocycles. The molecule has 0 saturated carbocycles. The third-order valence-corrected chi connectivity index (χ3v) is 5.97. The van der Waals surface area contributed by atoms with Crippen molar-refractivity contribution in [3.8, 4) is 0 Å². The SMILES string of the molecule is O=C(/C=C/c1cccc2ccccc12)OCCCCCCOC(=O)/C=C/c1cccc2ccccc12. The highest BCUT2D eigenvalue weighted by molar-refractivity contribution is 5.95. The average Bonchev–Trinajstić information content (AvgIpc) is 2.92. The second-order valence-electron chi connectivity index (χ2n) is 8.55. The smallest absolute Gasteiger partial charge is 0.330 e. The van der Waals surface area contributed by atoms with Gasteiger partial charge in [0.25, 0.3) is 0 Å². The molecule has 4 heteroatoms. The van der Waals surface area contributed by atoms with Gasteiger partial charge in [0.05, 0.1) is 13.2 Å². The fraction of sp³-hybridized carbons (Fsp3) is 0.188. The van der Waals surface area contributed by atoms with Gasteiger partial charge < -0.3 is 9.47 Å². The summed E-state index contributed by atoms with van der Waals surface area (Å²) in [6, 6.07) is 28.2. The number of rotatable bonds is 11. The van der Waals surface area contributed by atoms with Gasteiger partial charge in [-0.25, -0.2) is 9.59 Å². The van der Waals surface area contributed by atoms with E-state index in [1.165, 1.54) is 12.2 Å². The Morgan fingerprint density at radius 2 is 0.944 bits per heavy atom. The maximum atomic E-state index is 12.0. The number of esters is 2. The number of unbranched alkanes of at least 4 members (excludes halogenated alkanes) is 3. The van der Waals surface area contributed by atoms with E-state index in [2.05, 4.69) is 24.3 Å². The Morgan fingerprint density at radius 3 is 1.42 bits per heavy atom. The molecular formula is C32H30O4. The van der Waals surface area contributed by atoms with Gasteiger partial charge in [-0.15, -0.1) is 0 Å². The Morgan fingerprint density at radius 1 is 0.528 bits per heavy atom. The van der Waals surface area contributed by atoms with Gasteiger partial charge in [0.15, 0.2) is 0 Å². The normalized spacial score (nSPS) is 11.4. The molecule has 0 radical (unpaired) electrons. The molecule has 0 heterocycles. The Labute approximate surface area is 211 Å². The van der Waals surface area contributed by atoms with Crippen LogP contribution in [0.4, 0.5) is 0 Å². The predicted octanol–water partition coefficient (Wildman–Crippen LogP) is 7.37. The second-order valence-corrected chi connectivity index (χ2v) is 8.55. The van der Waals surface area contributed by atoms with Crippen LogP contribution in [0.25, 0.3) is 33.7 Å². The summed E-state index contributed by atoms with van der Waals surface area (Å²) in [5, 5.41) is 4.49. The third-order valence-electron chi connectivity index (χ3n) is 5.97. The van der Waals surface area contributed by atoms with Gasteiger partial charge >= 0.3 is 11.9 Å². The summed E-state index contributed by atoms with van der Waals surface area (Å²) >= 11 is 0. The van der Waals surface area contributed by atoms with Crippen molar-refractivity contribution in [3.63, 3.8) is 0 Å². The number of carbonyl (C=O) groups is 2. The zero-order chi connectivity index (χ0) is 25.0. The molecule has 0 N–H and O–H groups in total. The molecule has 0 unspecified atom stereocenters. The lowest BCUT2D eigenvalue weighted by atomic mass is 10.0. The van der Waals surface area contributed by atoms with Crippen molar-refractivity contribution in [2.24, 2.45) is 0 Å². The van der Waals surface area contributed by atoms with E-state index in [1.54, 1.807) is 12.2 Å².